The average molecular weight is 328 g/mol. The second-order valence-corrected chi connectivity index (χ2v) is 5.28. The molecule has 122 valence electrons. The molecular weight excluding hydrogens is 306 g/mol. The first kappa shape index (κ1) is 18.0. The van der Waals surface area contributed by atoms with Crippen LogP contribution in [-0.4, -0.2) is 36.9 Å². The number of amides is 1. The lowest BCUT2D eigenvalue weighted by Gasteiger charge is -2.07. The molecule has 0 unspecified atom stereocenters. The number of rotatable bonds is 7. The summed E-state index contributed by atoms with van der Waals surface area (Å²) in [6, 6.07) is 0.127. The van der Waals surface area contributed by atoms with Crippen LogP contribution in [0, 0.1) is 0 Å². The van der Waals surface area contributed by atoms with Gasteiger partial charge in [-0.05, 0) is 33.1 Å². The predicted octanol–water partition coefficient (Wildman–Crippen LogP) is 0.705. The van der Waals surface area contributed by atoms with Crippen molar-refractivity contribution in [3.63, 3.8) is 0 Å². The maximum absolute atomic E-state index is 11.6. The summed E-state index contributed by atoms with van der Waals surface area (Å²) >= 11 is 0. The van der Waals surface area contributed by atoms with Crippen LogP contribution in [0.3, 0.4) is 0 Å². The molecule has 22 heavy (non-hydrogen) atoms. The molecule has 0 fully saturated rings. The van der Waals surface area contributed by atoms with Crippen LogP contribution >= 0.6 is 12.4 Å². The summed E-state index contributed by atoms with van der Waals surface area (Å²) in [7, 11) is 0. The highest BCUT2D eigenvalue weighted by Crippen LogP contribution is 2.05. The first-order valence-electron chi connectivity index (χ1n) is 7.00. The van der Waals surface area contributed by atoms with Gasteiger partial charge in [0.25, 0.3) is 0 Å². The van der Waals surface area contributed by atoms with Crippen molar-refractivity contribution in [1.29, 1.82) is 0 Å². The molecule has 1 amide bonds. The van der Waals surface area contributed by atoms with Crippen LogP contribution in [0.2, 0.25) is 0 Å². The molecule has 0 aromatic carbocycles. The highest BCUT2D eigenvalue weighted by Gasteiger charge is 2.07. The number of carbonyl (C=O) groups excluding carboxylic acids is 1. The van der Waals surface area contributed by atoms with Crippen molar-refractivity contribution in [2.45, 2.75) is 45.7 Å². The second-order valence-electron chi connectivity index (χ2n) is 5.28. The van der Waals surface area contributed by atoms with E-state index >= 15 is 0 Å². The van der Waals surface area contributed by atoms with Crippen LogP contribution in [-0.2, 0) is 24.2 Å². The van der Waals surface area contributed by atoms with E-state index in [2.05, 4.69) is 25.6 Å². The van der Waals surface area contributed by atoms with Crippen molar-refractivity contribution in [3.8, 4) is 0 Å². The van der Waals surface area contributed by atoms with Crippen molar-refractivity contribution < 1.29 is 4.79 Å². The summed E-state index contributed by atoms with van der Waals surface area (Å²) in [5, 5.41) is 10.8. The number of nitrogens with one attached hydrogen (secondary N) is 2. The maximum atomic E-state index is 11.6. The number of halogens is 1. The fourth-order valence-electron chi connectivity index (χ4n) is 2.01. The number of nitrogens with zero attached hydrogens (tertiary/aromatic N) is 4. The summed E-state index contributed by atoms with van der Waals surface area (Å²) in [6.07, 6.45) is 6.11. The molecule has 4 N–H and O–H groups in total. The van der Waals surface area contributed by atoms with Crippen LogP contribution in [0.5, 0.6) is 0 Å². The minimum absolute atomic E-state index is 0. The molecule has 2 aromatic heterocycles. The van der Waals surface area contributed by atoms with E-state index in [1.165, 1.54) is 0 Å². The molecule has 0 saturated heterocycles. The summed E-state index contributed by atoms with van der Waals surface area (Å²) in [4.78, 5) is 18.5. The zero-order valence-electron chi connectivity index (χ0n) is 12.7. The quantitative estimate of drug-likeness (QED) is 0.692. The second kappa shape index (κ2) is 8.38. The van der Waals surface area contributed by atoms with Gasteiger partial charge in [-0.1, -0.05) is 5.21 Å². The molecule has 8 nitrogen and oxygen atoms in total. The Morgan fingerprint density at radius 1 is 1.45 bits per heavy atom. The number of nitrogen functional groups attached to an aromatic ring is 1. The number of carbonyl (C=O) groups is 1. The van der Waals surface area contributed by atoms with E-state index < -0.39 is 0 Å². The first-order chi connectivity index (χ1) is 10.0. The molecule has 0 saturated carbocycles. The number of nitrogens with two attached hydrogens (primary N) is 1. The van der Waals surface area contributed by atoms with Gasteiger partial charge in [0.2, 0.25) is 5.91 Å². The zero-order valence-corrected chi connectivity index (χ0v) is 13.6. The van der Waals surface area contributed by atoms with E-state index in [9.17, 15) is 4.79 Å². The molecule has 0 atom stereocenters. The number of hydrogen-bond acceptors (Lipinski definition) is 5. The lowest BCUT2D eigenvalue weighted by atomic mass is 10.2. The van der Waals surface area contributed by atoms with E-state index in [0.29, 0.717) is 5.95 Å². The summed E-state index contributed by atoms with van der Waals surface area (Å²) < 4.78 is 1.56. The molecule has 2 heterocycles. The van der Waals surface area contributed by atoms with Crippen LogP contribution in [0.1, 0.15) is 31.7 Å². The Morgan fingerprint density at radius 3 is 2.86 bits per heavy atom. The van der Waals surface area contributed by atoms with E-state index in [-0.39, 0.29) is 30.9 Å². The summed E-state index contributed by atoms with van der Waals surface area (Å²) in [5.74, 6) is 0.376. The van der Waals surface area contributed by atoms with Gasteiger partial charge in [-0.3, -0.25) is 4.79 Å². The monoisotopic (exact) mass is 327 g/mol. The SMILES string of the molecule is CC(C)NC(=O)Cn1cc(CCCc2cnc(N)[nH]2)nn1.Cl. The Hall–Kier alpha value is -2.09. The third kappa shape index (κ3) is 5.72. The van der Waals surface area contributed by atoms with Gasteiger partial charge in [-0.25, -0.2) is 9.67 Å². The van der Waals surface area contributed by atoms with Gasteiger partial charge >= 0.3 is 0 Å². The predicted molar refractivity (Wildman–Crippen MR) is 85.6 cm³/mol. The number of aryl methyl sites for hydroxylation is 2. The topological polar surface area (TPSA) is 115 Å². The third-order valence-corrected chi connectivity index (χ3v) is 2.87. The summed E-state index contributed by atoms with van der Waals surface area (Å²) in [6.45, 7) is 4.04. The summed E-state index contributed by atoms with van der Waals surface area (Å²) in [5.41, 5.74) is 7.40. The van der Waals surface area contributed by atoms with Crippen LogP contribution in [0.4, 0.5) is 5.95 Å². The molecule has 0 aliphatic heterocycles. The van der Waals surface area contributed by atoms with Crippen molar-refractivity contribution >= 4 is 24.3 Å². The van der Waals surface area contributed by atoms with Crippen molar-refractivity contribution in [2.75, 3.05) is 5.73 Å². The van der Waals surface area contributed by atoms with Gasteiger partial charge in [0.1, 0.15) is 6.54 Å². The zero-order chi connectivity index (χ0) is 15.2. The Balaban J connectivity index is 0.00000242. The largest absolute Gasteiger partial charge is 0.369 e. The Bertz CT molecular complexity index is 593. The lowest BCUT2D eigenvalue weighted by Crippen LogP contribution is -2.33. The fourth-order valence-corrected chi connectivity index (χ4v) is 2.01. The van der Waals surface area contributed by atoms with Crippen LogP contribution in [0.15, 0.2) is 12.4 Å². The number of imidazole rings is 1. The van der Waals surface area contributed by atoms with Gasteiger partial charge < -0.3 is 16.0 Å². The van der Waals surface area contributed by atoms with E-state index in [0.717, 1.165) is 30.7 Å². The number of hydrogen-bond donors (Lipinski definition) is 3. The normalized spacial score (nSPS) is 10.5. The molecule has 0 bridgehead atoms. The molecule has 0 radical (unpaired) electrons. The molecule has 2 rings (SSSR count). The minimum Gasteiger partial charge on any atom is -0.369 e. The average Bonchev–Trinajstić information content (AvgIpc) is 2.98. The Morgan fingerprint density at radius 2 is 2.23 bits per heavy atom. The standard InChI is InChI=1S/C13H21N7O.ClH/c1-9(2)16-12(21)8-20-7-11(18-19-20)5-3-4-10-6-15-13(14)17-10;/h6-7,9H,3-5,8H2,1-2H3,(H,16,21)(H3,14,15,17);1H. The van der Waals surface area contributed by atoms with Gasteiger partial charge in [0, 0.05) is 17.9 Å². The molecule has 2 aromatic rings. The molecule has 9 heteroatoms. The number of aromatic nitrogens is 5. The van der Waals surface area contributed by atoms with Gasteiger partial charge in [-0.15, -0.1) is 17.5 Å². The fraction of sp³-hybridized carbons (Fsp3) is 0.538. The van der Waals surface area contributed by atoms with Crippen LogP contribution < -0.4 is 11.1 Å². The molecular formula is C13H22ClN7O. The lowest BCUT2D eigenvalue weighted by molar-refractivity contribution is -0.122. The minimum atomic E-state index is -0.0608. The van der Waals surface area contributed by atoms with Crippen molar-refractivity contribution in [2.24, 2.45) is 0 Å². The smallest absolute Gasteiger partial charge is 0.241 e. The molecule has 0 aliphatic rings. The van der Waals surface area contributed by atoms with E-state index in [1.54, 1.807) is 17.1 Å². The Kier molecular flexibility index (Phi) is 6.84. The molecule has 0 aliphatic carbocycles. The number of H-pyrrole nitrogens is 1. The van der Waals surface area contributed by atoms with Gasteiger partial charge in [0.15, 0.2) is 5.95 Å². The van der Waals surface area contributed by atoms with E-state index in [4.69, 9.17) is 5.73 Å². The highest BCUT2D eigenvalue weighted by molar-refractivity contribution is 5.85. The molecule has 0 spiro atoms. The van der Waals surface area contributed by atoms with E-state index in [1.807, 2.05) is 13.8 Å². The Labute approximate surface area is 135 Å². The number of aromatic amines is 1. The van der Waals surface area contributed by atoms with Crippen molar-refractivity contribution in [1.82, 2.24) is 30.3 Å². The first-order valence-corrected chi connectivity index (χ1v) is 7.00. The van der Waals surface area contributed by atoms with Crippen LogP contribution in [0.25, 0.3) is 0 Å². The number of anilines is 1. The van der Waals surface area contributed by atoms with Gasteiger partial charge in [-0.2, -0.15) is 0 Å². The van der Waals surface area contributed by atoms with Gasteiger partial charge in [0.05, 0.1) is 11.9 Å². The third-order valence-electron chi connectivity index (χ3n) is 2.87. The highest BCUT2D eigenvalue weighted by atomic mass is 35.5. The van der Waals surface area contributed by atoms with Crippen molar-refractivity contribution in [3.05, 3.63) is 23.8 Å². The maximum Gasteiger partial charge on any atom is 0.241 e.